The van der Waals surface area contributed by atoms with E-state index in [1.54, 1.807) is 6.92 Å². The summed E-state index contributed by atoms with van der Waals surface area (Å²) in [5, 5.41) is 8.43. The minimum absolute atomic E-state index is 0.321. The lowest BCUT2D eigenvalue weighted by Gasteiger charge is -1.97. The third-order valence-electron chi connectivity index (χ3n) is 1.70. The molecule has 1 fully saturated rings. The van der Waals surface area contributed by atoms with E-state index in [2.05, 4.69) is 4.74 Å². The van der Waals surface area contributed by atoms with Gasteiger partial charge in [0.05, 0.1) is 18.4 Å². The summed E-state index contributed by atoms with van der Waals surface area (Å²) in [6.07, 6.45) is 0.439. The fraction of sp³-hybridized carbons (Fsp3) is 0.714. The van der Waals surface area contributed by atoms with Crippen molar-refractivity contribution < 1.29 is 19.4 Å². The Morgan fingerprint density at radius 2 is 2.18 bits per heavy atom. The van der Waals surface area contributed by atoms with Gasteiger partial charge in [-0.3, -0.25) is 9.59 Å². The fourth-order valence-corrected chi connectivity index (χ4v) is 0.978. The molecule has 0 aromatic heterocycles. The number of ether oxygens (including phenoxy) is 1. The molecule has 1 aliphatic carbocycles. The van der Waals surface area contributed by atoms with Crippen LogP contribution in [0.15, 0.2) is 0 Å². The molecule has 0 bridgehead atoms. The van der Waals surface area contributed by atoms with Crippen molar-refractivity contribution in [1.29, 1.82) is 0 Å². The Kier molecular flexibility index (Phi) is 2.12. The molecule has 1 N–H and O–H groups in total. The van der Waals surface area contributed by atoms with E-state index in [1.807, 2.05) is 0 Å². The predicted octanol–water partition coefficient (Wildman–Crippen LogP) is 0.270. The molecule has 0 heterocycles. The van der Waals surface area contributed by atoms with E-state index in [1.165, 1.54) is 0 Å². The van der Waals surface area contributed by atoms with Gasteiger partial charge in [-0.2, -0.15) is 0 Å². The summed E-state index contributed by atoms with van der Waals surface area (Å²) in [6.45, 7) is 2.03. The van der Waals surface area contributed by atoms with E-state index < -0.39 is 11.9 Å². The molecule has 0 spiro atoms. The van der Waals surface area contributed by atoms with Crippen LogP contribution in [0.1, 0.15) is 13.3 Å². The molecule has 0 saturated heterocycles. The molecule has 1 aliphatic rings. The first kappa shape index (κ1) is 8.04. The molecule has 4 nitrogen and oxygen atoms in total. The average molecular weight is 158 g/mol. The van der Waals surface area contributed by atoms with Crippen molar-refractivity contribution in [3.8, 4) is 0 Å². The van der Waals surface area contributed by atoms with Crippen molar-refractivity contribution in [1.82, 2.24) is 0 Å². The SMILES string of the molecule is CCOC(=O)C1C[C@@H]1C(=O)O. The lowest BCUT2D eigenvalue weighted by Crippen LogP contribution is -2.10. The molecule has 1 rings (SSSR count). The highest BCUT2D eigenvalue weighted by atomic mass is 16.5. The maximum atomic E-state index is 10.8. The second kappa shape index (κ2) is 2.90. The number of esters is 1. The monoisotopic (exact) mass is 158 g/mol. The summed E-state index contributed by atoms with van der Waals surface area (Å²) in [7, 11) is 0. The number of carboxylic acids is 1. The van der Waals surface area contributed by atoms with Gasteiger partial charge in [0, 0.05) is 0 Å². The zero-order chi connectivity index (χ0) is 8.43. The molecule has 0 aromatic carbocycles. The highest BCUT2D eigenvalue weighted by molar-refractivity contribution is 5.86. The molecule has 4 heteroatoms. The fourth-order valence-electron chi connectivity index (χ4n) is 0.978. The average Bonchev–Trinajstić information content (AvgIpc) is 2.65. The maximum Gasteiger partial charge on any atom is 0.309 e. The minimum Gasteiger partial charge on any atom is -0.481 e. The van der Waals surface area contributed by atoms with Crippen LogP contribution in [0.25, 0.3) is 0 Å². The van der Waals surface area contributed by atoms with Gasteiger partial charge in [-0.15, -0.1) is 0 Å². The Bertz CT molecular complexity index is 187. The van der Waals surface area contributed by atoms with Gasteiger partial charge in [0.25, 0.3) is 0 Å². The zero-order valence-electron chi connectivity index (χ0n) is 6.24. The Morgan fingerprint density at radius 3 is 2.55 bits per heavy atom. The highest BCUT2D eigenvalue weighted by Crippen LogP contribution is 2.39. The molecule has 0 radical (unpaired) electrons. The number of carbonyl (C=O) groups is 2. The summed E-state index contributed by atoms with van der Waals surface area (Å²) in [4.78, 5) is 21.1. The zero-order valence-corrected chi connectivity index (χ0v) is 6.24. The van der Waals surface area contributed by atoms with Gasteiger partial charge in [-0.05, 0) is 13.3 Å². The van der Waals surface area contributed by atoms with Crippen LogP contribution < -0.4 is 0 Å². The summed E-state index contributed by atoms with van der Waals surface area (Å²) in [5.41, 5.74) is 0. The highest BCUT2D eigenvalue weighted by Gasteiger charge is 2.49. The van der Waals surface area contributed by atoms with Gasteiger partial charge >= 0.3 is 11.9 Å². The van der Waals surface area contributed by atoms with E-state index in [0.717, 1.165) is 0 Å². The van der Waals surface area contributed by atoms with E-state index >= 15 is 0 Å². The van der Waals surface area contributed by atoms with Crippen molar-refractivity contribution in [3.05, 3.63) is 0 Å². The predicted molar refractivity (Wildman–Crippen MR) is 35.9 cm³/mol. The molecule has 62 valence electrons. The van der Waals surface area contributed by atoms with Crippen LogP contribution in [-0.4, -0.2) is 23.7 Å². The van der Waals surface area contributed by atoms with Crippen molar-refractivity contribution in [2.75, 3.05) is 6.61 Å². The lowest BCUT2D eigenvalue weighted by molar-refractivity contribution is -0.148. The van der Waals surface area contributed by atoms with Crippen molar-refractivity contribution in [2.45, 2.75) is 13.3 Å². The number of aliphatic carboxylic acids is 1. The number of carboxylic acid groups (broad SMARTS) is 1. The Labute approximate surface area is 64.2 Å². The summed E-state index contributed by atoms with van der Waals surface area (Å²) in [6, 6.07) is 0. The molecule has 1 saturated carbocycles. The molecule has 0 aromatic rings. The first-order valence-electron chi connectivity index (χ1n) is 3.56. The molecule has 2 atom stereocenters. The second-order valence-corrected chi connectivity index (χ2v) is 2.54. The Balaban J connectivity index is 2.32. The van der Waals surface area contributed by atoms with Crippen molar-refractivity contribution >= 4 is 11.9 Å². The van der Waals surface area contributed by atoms with Gasteiger partial charge in [0.1, 0.15) is 0 Å². The van der Waals surface area contributed by atoms with Crippen LogP contribution in [0, 0.1) is 11.8 Å². The first-order valence-corrected chi connectivity index (χ1v) is 3.56. The van der Waals surface area contributed by atoms with Crippen LogP contribution in [0.2, 0.25) is 0 Å². The third-order valence-corrected chi connectivity index (χ3v) is 1.70. The summed E-state index contributed by atoms with van der Waals surface area (Å²) in [5.74, 6) is -2.15. The van der Waals surface area contributed by atoms with Crippen LogP contribution in [-0.2, 0) is 14.3 Å². The summed E-state index contributed by atoms with van der Waals surface area (Å²) < 4.78 is 4.64. The van der Waals surface area contributed by atoms with Crippen molar-refractivity contribution in [2.24, 2.45) is 11.8 Å². The smallest absolute Gasteiger partial charge is 0.309 e. The lowest BCUT2D eigenvalue weighted by atomic mass is 10.3. The van der Waals surface area contributed by atoms with E-state index in [9.17, 15) is 9.59 Å². The van der Waals surface area contributed by atoms with Crippen LogP contribution in [0.4, 0.5) is 0 Å². The van der Waals surface area contributed by atoms with Crippen LogP contribution in [0.3, 0.4) is 0 Å². The van der Waals surface area contributed by atoms with Gasteiger partial charge in [-0.1, -0.05) is 0 Å². The van der Waals surface area contributed by atoms with E-state index in [4.69, 9.17) is 5.11 Å². The standard InChI is InChI=1S/C7H10O4/c1-2-11-7(10)5-3-4(5)6(8)9/h4-5H,2-3H2,1H3,(H,8,9)/t4-,5?/m0/s1. The van der Waals surface area contributed by atoms with Gasteiger partial charge < -0.3 is 9.84 Å². The molecule has 0 amide bonds. The number of hydrogen-bond acceptors (Lipinski definition) is 3. The largest absolute Gasteiger partial charge is 0.481 e. The molecule has 0 aliphatic heterocycles. The third kappa shape index (κ3) is 1.69. The quantitative estimate of drug-likeness (QED) is 0.599. The number of rotatable bonds is 3. The topological polar surface area (TPSA) is 63.6 Å². The van der Waals surface area contributed by atoms with Gasteiger partial charge in [0.15, 0.2) is 0 Å². The van der Waals surface area contributed by atoms with Gasteiger partial charge in [-0.25, -0.2) is 0 Å². The van der Waals surface area contributed by atoms with Crippen LogP contribution >= 0.6 is 0 Å². The Hall–Kier alpha value is -1.06. The summed E-state index contributed by atoms with van der Waals surface area (Å²) >= 11 is 0. The second-order valence-electron chi connectivity index (χ2n) is 2.54. The minimum atomic E-state index is -0.900. The number of hydrogen-bond donors (Lipinski definition) is 1. The maximum absolute atomic E-state index is 10.8. The van der Waals surface area contributed by atoms with Crippen molar-refractivity contribution in [3.63, 3.8) is 0 Å². The van der Waals surface area contributed by atoms with E-state index in [-0.39, 0.29) is 11.9 Å². The van der Waals surface area contributed by atoms with E-state index in [0.29, 0.717) is 13.0 Å². The molecular formula is C7H10O4. The Morgan fingerprint density at radius 1 is 1.55 bits per heavy atom. The molecule has 1 unspecified atom stereocenters. The first-order chi connectivity index (χ1) is 5.16. The normalized spacial score (nSPS) is 27.7. The number of carbonyl (C=O) groups excluding carboxylic acids is 1. The van der Waals surface area contributed by atoms with Gasteiger partial charge in [0.2, 0.25) is 0 Å². The molecular weight excluding hydrogens is 148 g/mol. The molecule has 11 heavy (non-hydrogen) atoms. The van der Waals surface area contributed by atoms with Crippen LogP contribution in [0.5, 0.6) is 0 Å².